The van der Waals surface area contributed by atoms with Gasteiger partial charge in [-0.15, -0.1) is 0 Å². The summed E-state index contributed by atoms with van der Waals surface area (Å²) in [6.07, 6.45) is 0. The summed E-state index contributed by atoms with van der Waals surface area (Å²) in [6.45, 7) is 0. The van der Waals surface area contributed by atoms with E-state index in [0.717, 1.165) is 0 Å². The van der Waals surface area contributed by atoms with Gasteiger partial charge in [0.25, 0.3) is 10.0 Å². The zero-order valence-electron chi connectivity index (χ0n) is 10.3. The van der Waals surface area contributed by atoms with Gasteiger partial charge in [-0.05, 0) is 30.3 Å². The Morgan fingerprint density at radius 2 is 1.60 bits per heavy atom. The van der Waals surface area contributed by atoms with E-state index in [4.69, 9.17) is 0 Å². The number of fused-ring (bicyclic) bond motifs is 1. The van der Waals surface area contributed by atoms with Crippen LogP contribution in [0.5, 0.6) is 0 Å². The smallest absolute Gasteiger partial charge is 0.306 e. The minimum Gasteiger partial charge on any atom is -0.306 e. The van der Waals surface area contributed by atoms with E-state index in [1.165, 1.54) is 12.1 Å². The molecule has 0 saturated carbocycles. The van der Waals surface area contributed by atoms with Crippen LogP contribution < -0.4 is 10.4 Å². The predicted octanol–water partition coefficient (Wildman–Crippen LogP) is 1.66. The average molecular weight is 289 g/mol. The van der Waals surface area contributed by atoms with E-state index in [9.17, 15) is 13.2 Å². The van der Waals surface area contributed by atoms with Gasteiger partial charge in [-0.2, -0.15) is 0 Å². The molecule has 0 unspecified atom stereocenters. The topological polar surface area (TPSA) is 94.8 Å². The molecule has 0 atom stereocenters. The van der Waals surface area contributed by atoms with Crippen LogP contribution in [-0.4, -0.2) is 18.4 Å². The van der Waals surface area contributed by atoms with Crippen molar-refractivity contribution in [2.75, 3.05) is 4.72 Å². The molecule has 0 aliphatic rings. The number of nitrogens with one attached hydrogen (secondary N) is 3. The van der Waals surface area contributed by atoms with Gasteiger partial charge in [-0.1, -0.05) is 18.2 Å². The zero-order valence-corrected chi connectivity index (χ0v) is 11.1. The van der Waals surface area contributed by atoms with Crippen molar-refractivity contribution in [2.45, 2.75) is 4.90 Å². The number of H-pyrrole nitrogens is 2. The Hall–Kier alpha value is -2.54. The van der Waals surface area contributed by atoms with Gasteiger partial charge in [-0.25, -0.2) is 13.2 Å². The van der Waals surface area contributed by atoms with Gasteiger partial charge in [0.15, 0.2) is 0 Å². The van der Waals surface area contributed by atoms with Crippen molar-refractivity contribution in [2.24, 2.45) is 0 Å². The Morgan fingerprint density at radius 1 is 0.900 bits per heavy atom. The van der Waals surface area contributed by atoms with Crippen LogP contribution >= 0.6 is 0 Å². The minimum absolute atomic E-state index is 0.183. The molecule has 3 rings (SSSR count). The molecule has 2 aromatic carbocycles. The fourth-order valence-electron chi connectivity index (χ4n) is 1.91. The lowest BCUT2D eigenvalue weighted by Crippen LogP contribution is -2.12. The van der Waals surface area contributed by atoms with Crippen molar-refractivity contribution in [1.82, 2.24) is 9.97 Å². The predicted molar refractivity (Wildman–Crippen MR) is 76.2 cm³/mol. The van der Waals surface area contributed by atoms with E-state index in [2.05, 4.69) is 14.7 Å². The monoisotopic (exact) mass is 289 g/mol. The third-order valence-electron chi connectivity index (χ3n) is 2.82. The molecule has 1 heterocycles. The Labute approximate surface area is 114 Å². The quantitative estimate of drug-likeness (QED) is 0.684. The maximum atomic E-state index is 12.2. The molecule has 0 spiro atoms. The Morgan fingerprint density at radius 3 is 2.35 bits per heavy atom. The lowest BCUT2D eigenvalue weighted by atomic mass is 10.3. The maximum absolute atomic E-state index is 12.2. The Kier molecular flexibility index (Phi) is 2.83. The summed E-state index contributed by atoms with van der Waals surface area (Å²) in [5, 5.41) is 0. The molecular weight excluding hydrogens is 278 g/mol. The van der Waals surface area contributed by atoms with Gasteiger partial charge < -0.3 is 9.97 Å². The molecule has 0 aliphatic heterocycles. The highest BCUT2D eigenvalue weighted by Crippen LogP contribution is 2.18. The largest absolute Gasteiger partial charge is 0.323 e. The van der Waals surface area contributed by atoms with E-state index in [1.54, 1.807) is 36.4 Å². The molecule has 6 nitrogen and oxygen atoms in total. The number of benzene rings is 2. The van der Waals surface area contributed by atoms with Crippen molar-refractivity contribution >= 4 is 26.7 Å². The number of imidazole rings is 1. The number of sulfonamides is 1. The second-order valence-electron chi connectivity index (χ2n) is 4.26. The maximum Gasteiger partial charge on any atom is 0.323 e. The summed E-state index contributed by atoms with van der Waals surface area (Å²) in [5.41, 5.74) is 1.22. The molecule has 0 fully saturated rings. The Bertz CT molecular complexity index is 911. The van der Waals surface area contributed by atoms with Gasteiger partial charge in [0, 0.05) is 0 Å². The molecule has 102 valence electrons. The van der Waals surface area contributed by atoms with Crippen LogP contribution in [0.1, 0.15) is 0 Å². The minimum atomic E-state index is -3.63. The van der Waals surface area contributed by atoms with E-state index in [0.29, 0.717) is 16.7 Å². The van der Waals surface area contributed by atoms with Gasteiger partial charge >= 0.3 is 5.69 Å². The number of hydrogen-bond donors (Lipinski definition) is 3. The third-order valence-corrected chi connectivity index (χ3v) is 4.22. The summed E-state index contributed by atoms with van der Waals surface area (Å²) < 4.78 is 26.8. The number of aromatic amines is 2. The average Bonchev–Trinajstić information content (AvgIpc) is 2.79. The lowest BCUT2D eigenvalue weighted by molar-refractivity contribution is 0.601. The molecule has 0 aliphatic carbocycles. The molecular formula is C13H11N3O3S. The van der Waals surface area contributed by atoms with Crippen LogP contribution in [-0.2, 0) is 10.0 Å². The summed E-state index contributed by atoms with van der Waals surface area (Å²) in [5.74, 6) is 0. The lowest BCUT2D eigenvalue weighted by Gasteiger charge is -2.07. The normalized spacial score (nSPS) is 11.6. The second-order valence-corrected chi connectivity index (χ2v) is 5.94. The van der Waals surface area contributed by atoms with Crippen LogP contribution in [0.2, 0.25) is 0 Å². The molecule has 0 bridgehead atoms. The second kappa shape index (κ2) is 4.53. The van der Waals surface area contributed by atoms with E-state index >= 15 is 0 Å². The summed E-state index contributed by atoms with van der Waals surface area (Å²) >= 11 is 0. The van der Waals surface area contributed by atoms with E-state index in [-0.39, 0.29) is 10.6 Å². The molecule has 3 aromatic rings. The van der Waals surface area contributed by atoms with Crippen LogP contribution in [0.15, 0.2) is 58.2 Å². The first-order valence-corrected chi connectivity index (χ1v) is 7.33. The van der Waals surface area contributed by atoms with Crippen LogP contribution in [0.25, 0.3) is 11.0 Å². The highest BCUT2D eigenvalue weighted by Gasteiger charge is 2.13. The van der Waals surface area contributed by atoms with Gasteiger partial charge in [0.05, 0.1) is 21.6 Å². The summed E-state index contributed by atoms with van der Waals surface area (Å²) in [7, 11) is -3.63. The van der Waals surface area contributed by atoms with Crippen molar-refractivity contribution in [1.29, 1.82) is 0 Å². The Balaban J connectivity index is 1.98. The SMILES string of the molecule is O=c1[nH]c2ccc(NS(=O)(=O)c3ccccc3)cc2[nH]1. The highest BCUT2D eigenvalue weighted by molar-refractivity contribution is 7.92. The molecule has 0 saturated heterocycles. The van der Waals surface area contributed by atoms with E-state index < -0.39 is 10.0 Å². The van der Waals surface area contributed by atoms with Gasteiger partial charge in [0.1, 0.15) is 0 Å². The van der Waals surface area contributed by atoms with Crippen LogP contribution in [0, 0.1) is 0 Å². The number of aromatic nitrogens is 2. The fraction of sp³-hybridized carbons (Fsp3) is 0. The van der Waals surface area contributed by atoms with Crippen molar-refractivity contribution in [3.63, 3.8) is 0 Å². The first-order chi connectivity index (χ1) is 9.54. The first-order valence-electron chi connectivity index (χ1n) is 5.84. The number of anilines is 1. The first kappa shape index (κ1) is 12.5. The molecule has 7 heteroatoms. The molecule has 0 radical (unpaired) electrons. The van der Waals surface area contributed by atoms with Crippen molar-refractivity contribution in [3.8, 4) is 0 Å². The highest BCUT2D eigenvalue weighted by atomic mass is 32.2. The molecule has 1 aromatic heterocycles. The molecule has 20 heavy (non-hydrogen) atoms. The van der Waals surface area contributed by atoms with Gasteiger partial charge in [0.2, 0.25) is 0 Å². The summed E-state index contributed by atoms with van der Waals surface area (Å²) in [6, 6.07) is 12.9. The summed E-state index contributed by atoms with van der Waals surface area (Å²) in [4.78, 5) is 16.5. The third kappa shape index (κ3) is 2.30. The van der Waals surface area contributed by atoms with Crippen molar-refractivity contribution < 1.29 is 8.42 Å². The van der Waals surface area contributed by atoms with Crippen LogP contribution in [0.3, 0.4) is 0 Å². The van der Waals surface area contributed by atoms with E-state index in [1.807, 2.05) is 0 Å². The number of rotatable bonds is 3. The van der Waals surface area contributed by atoms with Crippen LogP contribution in [0.4, 0.5) is 5.69 Å². The standard InChI is InChI=1S/C13H11N3O3S/c17-13-14-11-7-6-9(8-12(11)15-13)16-20(18,19)10-4-2-1-3-5-10/h1-8,16H,(H2,14,15,17). The molecule has 0 amide bonds. The van der Waals surface area contributed by atoms with Gasteiger partial charge in [-0.3, -0.25) is 4.72 Å². The number of hydrogen-bond acceptors (Lipinski definition) is 3. The molecule has 3 N–H and O–H groups in total. The zero-order chi connectivity index (χ0) is 14.2. The fourth-order valence-corrected chi connectivity index (χ4v) is 2.98. The van der Waals surface area contributed by atoms with Crippen molar-refractivity contribution in [3.05, 3.63) is 59.0 Å².